The summed E-state index contributed by atoms with van der Waals surface area (Å²) in [6.07, 6.45) is 0. The minimum atomic E-state index is -1.28. The summed E-state index contributed by atoms with van der Waals surface area (Å²) < 4.78 is 62.2. The molecular formula is C16H11F3O5. The summed E-state index contributed by atoms with van der Waals surface area (Å²) in [6, 6.07) is 3.01. The van der Waals surface area contributed by atoms with Crippen LogP contribution in [0.4, 0.5) is 13.2 Å². The second kappa shape index (κ2) is 6.04. The normalized spacial score (nSPS) is 11.2. The van der Waals surface area contributed by atoms with Crippen molar-refractivity contribution in [3.63, 3.8) is 0 Å². The number of benzene rings is 2. The van der Waals surface area contributed by atoms with Gasteiger partial charge in [0.2, 0.25) is 5.43 Å². The van der Waals surface area contributed by atoms with Crippen molar-refractivity contribution in [2.24, 2.45) is 0 Å². The predicted octanol–water partition coefficient (Wildman–Crippen LogP) is 3.35. The lowest BCUT2D eigenvalue weighted by Gasteiger charge is -2.10. The summed E-state index contributed by atoms with van der Waals surface area (Å²) in [4.78, 5) is 12.5. The highest BCUT2D eigenvalue weighted by atomic mass is 19.1. The number of hydrogen-bond donors (Lipinski definition) is 0. The predicted molar refractivity (Wildman–Crippen MR) is 78.9 cm³/mol. The molecule has 0 amide bonds. The molecular weight excluding hydrogens is 329 g/mol. The van der Waals surface area contributed by atoms with Crippen molar-refractivity contribution in [1.29, 1.82) is 0 Å². The van der Waals surface area contributed by atoms with Crippen LogP contribution in [-0.2, 0) is 4.74 Å². The molecule has 0 spiro atoms. The average Bonchev–Trinajstić information content (AvgIpc) is 2.53. The second-order valence-electron chi connectivity index (χ2n) is 4.84. The van der Waals surface area contributed by atoms with Gasteiger partial charge in [-0.15, -0.1) is 0 Å². The van der Waals surface area contributed by atoms with E-state index in [1.165, 1.54) is 20.3 Å². The molecule has 0 aliphatic carbocycles. The van der Waals surface area contributed by atoms with E-state index in [1.807, 2.05) is 0 Å². The van der Waals surface area contributed by atoms with Crippen molar-refractivity contribution in [2.75, 3.05) is 21.0 Å². The van der Waals surface area contributed by atoms with E-state index in [0.29, 0.717) is 0 Å². The SMILES string of the molecule is COCOc1c(F)cc2oc3cc(OC)cc(F)c3c(=O)c2c1F. The van der Waals surface area contributed by atoms with E-state index in [1.54, 1.807) is 0 Å². The first-order valence-corrected chi connectivity index (χ1v) is 6.71. The van der Waals surface area contributed by atoms with Crippen molar-refractivity contribution >= 4 is 21.9 Å². The van der Waals surface area contributed by atoms with E-state index in [0.717, 1.165) is 12.1 Å². The molecule has 0 radical (unpaired) electrons. The summed E-state index contributed by atoms with van der Waals surface area (Å²) in [5.41, 5.74) is -1.54. The third-order valence-corrected chi connectivity index (χ3v) is 3.40. The maximum atomic E-state index is 14.5. The van der Waals surface area contributed by atoms with E-state index < -0.39 is 46.2 Å². The van der Waals surface area contributed by atoms with Gasteiger partial charge in [0.15, 0.2) is 24.2 Å². The van der Waals surface area contributed by atoms with Crippen molar-refractivity contribution in [3.05, 3.63) is 45.9 Å². The highest BCUT2D eigenvalue weighted by Crippen LogP contribution is 2.31. The number of rotatable bonds is 4. The highest BCUT2D eigenvalue weighted by molar-refractivity contribution is 5.91. The smallest absolute Gasteiger partial charge is 0.206 e. The Morgan fingerprint density at radius 1 is 1.00 bits per heavy atom. The lowest BCUT2D eigenvalue weighted by atomic mass is 10.1. The third-order valence-electron chi connectivity index (χ3n) is 3.40. The second-order valence-corrected chi connectivity index (χ2v) is 4.84. The van der Waals surface area contributed by atoms with Crippen LogP contribution >= 0.6 is 0 Å². The van der Waals surface area contributed by atoms with Crippen molar-refractivity contribution < 1.29 is 31.8 Å². The van der Waals surface area contributed by atoms with Gasteiger partial charge in [0.25, 0.3) is 0 Å². The summed E-state index contributed by atoms with van der Waals surface area (Å²) in [5, 5.41) is -1.08. The van der Waals surface area contributed by atoms with Crippen LogP contribution in [0.5, 0.6) is 11.5 Å². The molecule has 126 valence electrons. The van der Waals surface area contributed by atoms with E-state index in [-0.39, 0.29) is 16.9 Å². The van der Waals surface area contributed by atoms with Gasteiger partial charge in [0, 0.05) is 25.3 Å². The van der Waals surface area contributed by atoms with Gasteiger partial charge in [-0.2, -0.15) is 0 Å². The molecule has 2 aromatic carbocycles. The molecule has 0 bridgehead atoms. The first kappa shape index (κ1) is 16.1. The number of halogens is 3. The summed E-state index contributed by atoms with van der Waals surface area (Å²) >= 11 is 0. The number of ether oxygens (including phenoxy) is 3. The Morgan fingerprint density at radius 2 is 1.71 bits per heavy atom. The van der Waals surface area contributed by atoms with Crippen molar-refractivity contribution in [3.8, 4) is 11.5 Å². The zero-order valence-corrected chi connectivity index (χ0v) is 12.6. The number of hydrogen-bond acceptors (Lipinski definition) is 5. The van der Waals surface area contributed by atoms with Gasteiger partial charge in [0.05, 0.1) is 7.11 Å². The molecule has 0 fully saturated rings. The molecule has 1 aromatic heterocycles. The summed E-state index contributed by atoms with van der Waals surface area (Å²) in [7, 11) is 2.57. The molecule has 5 nitrogen and oxygen atoms in total. The third kappa shape index (κ3) is 2.44. The molecule has 0 aliphatic rings. The Hall–Kier alpha value is -2.74. The van der Waals surface area contributed by atoms with Gasteiger partial charge in [-0.3, -0.25) is 4.79 Å². The summed E-state index contributed by atoms with van der Waals surface area (Å²) in [6.45, 7) is -0.427. The van der Waals surface area contributed by atoms with Crippen LogP contribution in [-0.4, -0.2) is 21.0 Å². The fourth-order valence-corrected chi connectivity index (χ4v) is 2.34. The Kier molecular flexibility index (Phi) is 4.06. The first-order valence-electron chi connectivity index (χ1n) is 6.71. The molecule has 3 rings (SSSR count). The lowest BCUT2D eigenvalue weighted by molar-refractivity contribution is 0.0455. The average molecular weight is 340 g/mol. The Morgan fingerprint density at radius 3 is 2.38 bits per heavy atom. The van der Waals surface area contributed by atoms with Crippen LogP contribution in [0.25, 0.3) is 21.9 Å². The maximum Gasteiger partial charge on any atom is 0.206 e. The molecule has 0 aliphatic heterocycles. The van der Waals surface area contributed by atoms with E-state index >= 15 is 0 Å². The molecule has 0 N–H and O–H groups in total. The highest BCUT2D eigenvalue weighted by Gasteiger charge is 2.22. The van der Waals surface area contributed by atoms with Crippen LogP contribution in [0.3, 0.4) is 0 Å². The summed E-state index contributed by atoms with van der Waals surface area (Å²) in [5.74, 6) is -4.01. The standard InChI is InChI=1S/C16H11F3O5/c1-21-6-23-16-9(18)5-11-13(14(16)19)15(20)12-8(17)3-7(22-2)4-10(12)24-11/h3-5H,6H2,1-2H3. The monoisotopic (exact) mass is 340 g/mol. The van der Waals surface area contributed by atoms with Crippen LogP contribution in [0.2, 0.25) is 0 Å². The molecule has 3 aromatic rings. The van der Waals surface area contributed by atoms with Gasteiger partial charge in [-0.05, 0) is 0 Å². The van der Waals surface area contributed by atoms with Gasteiger partial charge in [-0.1, -0.05) is 0 Å². The molecule has 1 heterocycles. The lowest BCUT2D eigenvalue weighted by Crippen LogP contribution is -2.10. The Balaban J connectivity index is 2.40. The largest absolute Gasteiger partial charge is 0.497 e. The van der Waals surface area contributed by atoms with E-state index in [4.69, 9.17) is 13.9 Å². The molecule has 0 atom stereocenters. The fraction of sp³-hybridized carbons (Fsp3) is 0.188. The minimum absolute atomic E-state index is 0.100. The van der Waals surface area contributed by atoms with Gasteiger partial charge in [0.1, 0.15) is 33.5 Å². The van der Waals surface area contributed by atoms with Crippen molar-refractivity contribution in [1.82, 2.24) is 0 Å². The van der Waals surface area contributed by atoms with Crippen molar-refractivity contribution in [2.45, 2.75) is 0 Å². The van der Waals surface area contributed by atoms with E-state index in [2.05, 4.69) is 4.74 Å². The Labute approximate surface area is 133 Å². The van der Waals surface area contributed by atoms with Crippen LogP contribution < -0.4 is 14.9 Å². The quantitative estimate of drug-likeness (QED) is 0.538. The molecule has 0 saturated heterocycles. The fourth-order valence-electron chi connectivity index (χ4n) is 2.34. The van der Waals surface area contributed by atoms with Gasteiger partial charge < -0.3 is 18.6 Å². The van der Waals surface area contributed by atoms with Crippen LogP contribution in [0.15, 0.2) is 27.4 Å². The minimum Gasteiger partial charge on any atom is -0.497 e. The number of methoxy groups -OCH3 is 2. The maximum absolute atomic E-state index is 14.5. The molecule has 8 heteroatoms. The van der Waals surface area contributed by atoms with E-state index in [9.17, 15) is 18.0 Å². The topological polar surface area (TPSA) is 57.9 Å². The Bertz CT molecular complexity index is 997. The zero-order valence-electron chi connectivity index (χ0n) is 12.6. The zero-order chi connectivity index (χ0) is 17.4. The van der Waals surface area contributed by atoms with Gasteiger partial charge in [-0.25, -0.2) is 13.2 Å². The van der Waals surface area contributed by atoms with Gasteiger partial charge >= 0.3 is 0 Å². The number of fused-ring (bicyclic) bond motifs is 2. The molecule has 0 saturated carbocycles. The van der Waals surface area contributed by atoms with Crippen LogP contribution in [0, 0.1) is 17.5 Å². The first-order chi connectivity index (χ1) is 11.5. The molecule has 0 unspecified atom stereocenters. The molecule has 24 heavy (non-hydrogen) atoms. The van der Waals surface area contributed by atoms with Crippen LogP contribution in [0.1, 0.15) is 0 Å².